The predicted octanol–water partition coefficient (Wildman–Crippen LogP) is 2.06. The minimum Gasteiger partial charge on any atom is -0.315 e. The van der Waals surface area contributed by atoms with Crippen molar-refractivity contribution >= 4 is 11.8 Å². The van der Waals surface area contributed by atoms with Crippen LogP contribution in [-0.4, -0.2) is 48.6 Å². The third kappa shape index (κ3) is 6.44. The van der Waals surface area contributed by atoms with Crippen molar-refractivity contribution in [3.8, 4) is 0 Å². The van der Waals surface area contributed by atoms with Gasteiger partial charge in [0.15, 0.2) is 0 Å². The molecule has 0 aliphatic carbocycles. The molecule has 1 rings (SSSR count). The summed E-state index contributed by atoms with van der Waals surface area (Å²) in [5.41, 5.74) is 0. The monoisotopic (exact) mass is 230 g/mol. The molecule has 1 aliphatic heterocycles. The van der Waals surface area contributed by atoms with Crippen LogP contribution in [-0.2, 0) is 0 Å². The molecule has 90 valence electrons. The van der Waals surface area contributed by atoms with Crippen LogP contribution in [0.4, 0.5) is 0 Å². The van der Waals surface area contributed by atoms with Crippen LogP contribution in [0.5, 0.6) is 0 Å². The molecule has 0 saturated carbocycles. The summed E-state index contributed by atoms with van der Waals surface area (Å²) in [7, 11) is 0. The molecule has 0 radical (unpaired) electrons. The standard InChI is InChI=1S/C12H26N2S/c1-11(2)4-5-13-6-7-14-8-9-15-12(3)10-14/h11-13H,4-10H2,1-3H3. The summed E-state index contributed by atoms with van der Waals surface area (Å²) in [5, 5.41) is 4.36. The van der Waals surface area contributed by atoms with Gasteiger partial charge in [0.2, 0.25) is 0 Å². The molecule has 0 bridgehead atoms. The average Bonchev–Trinajstić information content (AvgIpc) is 2.17. The zero-order chi connectivity index (χ0) is 11.1. The van der Waals surface area contributed by atoms with Gasteiger partial charge in [-0.3, -0.25) is 0 Å². The Morgan fingerprint density at radius 1 is 1.40 bits per heavy atom. The van der Waals surface area contributed by atoms with Gasteiger partial charge in [0, 0.05) is 37.2 Å². The minimum absolute atomic E-state index is 0.823. The summed E-state index contributed by atoms with van der Waals surface area (Å²) in [6.07, 6.45) is 1.30. The van der Waals surface area contributed by atoms with Crippen LogP contribution in [0.1, 0.15) is 27.2 Å². The van der Waals surface area contributed by atoms with Gasteiger partial charge in [-0.25, -0.2) is 0 Å². The van der Waals surface area contributed by atoms with Gasteiger partial charge in [-0.05, 0) is 18.9 Å². The molecule has 0 aromatic carbocycles. The van der Waals surface area contributed by atoms with Crippen LogP contribution in [0.25, 0.3) is 0 Å². The van der Waals surface area contributed by atoms with E-state index in [4.69, 9.17) is 0 Å². The molecular weight excluding hydrogens is 204 g/mol. The van der Waals surface area contributed by atoms with Crippen molar-refractivity contribution in [2.75, 3.05) is 38.5 Å². The summed E-state index contributed by atoms with van der Waals surface area (Å²) >= 11 is 2.11. The fourth-order valence-electron chi connectivity index (χ4n) is 1.85. The van der Waals surface area contributed by atoms with Gasteiger partial charge in [-0.2, -0.15) is 11.8 Å². The van der Waals surface area contributed by atoms with Crippen molar-refractivity contribution in [2.24, 2.45) is 5.92 Å². The van der Waals surface area contributed by atoms with E-state index in [9.17, 15) is 0 Å². The molecule has 1 N–H and O–H groups in total. The van der Waals surface area contributed by atoms with E-state index < -0.39 is 0 Å². The molecule has 1 atom stereocenters. The van der Waals surface area contributed by atoms with Crippen molar-refractivity contribution in [3.63, 3.8) is 0 Å². The lowest BCUT2D eigenvalue weighted by molar-refractivity contribution is 0.285. The molecule has 1 fully saturated rings. The molecular formula is C12H26N2S. The van der Waals surface area contributed by atoms with Gasteiger partial charge < -0.3 is 10.2 Å². The van der Waals surface area contributed by atoms with E-state index in [2.05, 4.69) is 42.7 Å². The summed E-state index contributed by atoms with van der Waals surface area (Å²) in [4.78, 5) is 2.59. The zero-order valence-corrected chi connectivity index (χ0v) is 11.3. The smallest absolute Gasteiger partial charge is 0.0147 e. The van der Waals surface area contributed by atoms with Crippen LogP contribution >= 0.6 is 11.8 Å². The maximum Gasteiger partial charge on any atom is 0.0147 e. The highest BCUT2D eigenvalue weighted by molar-refractivity contribution is 7.99. The highest BCUT2D eigenvalue weighted by Gasteiger charge is 2.15. The predicted molar refractivity (Wildman–Crippen MR) is 70.7 cm³/mol. The topological polar surface area (TPSA) is 15.3 Å². The molecule has 0 amide bonds. The van der Waals surface area contributed by atoms with E-state index in [1.54, 1.807) is 0 Å². The highest BCUT2D eigenvalue weighted by Crippen LogP contribution is 2.16. The maximum atomic E-state index is 3.53. The SMILES string of the molecule is CC(C)CCNCCN1CCSC(C)C1. The molecule has 0 aromatic heterocycles. The zero-order valence-electron chi connectivity index (χ0n) is 10.5. The van der Waals surface area contributed by atoms with Gasteiger partial charge in [0.05, 0.1) is 0 Å². The lowest BCUT2D eigenvalue weighted by Crippen LogP contribution is -2.40. The number of nitrogens with zero attached hydrogens (tertiary/aromatic N) is 1. The first-order valence-corrected chi connectivity index (χ1v) is 7.28. The summed E-state index contributed by atoms with van der Waals surface area (Å²) in [6, 6.07) is 0. The third-order valence-corrected chi connectivity index (χ3v) is 3.96. The number of hydrogen-bond donors (Lipinski definition) is 1. The van der Waals surface area contributed by atoms with Crippen molar-refractivity contribution in [2.45, 2.75) is 32.4 Å². The number of nitrogens with one attached hydrogen (secondary N) is 1. The number of rotatable bonds is 6. The van der Waals surface area contributed by atoms with Gasteiger partial charge in [-0.15, -0.1) is 0 Å². The average molecular weight is 230 g/mol. The first-order valence-electron chi connectivity index (χ1n) is 6.23. The molecule has 0 aromatic rings. The van der Waals surface area contributed by atoms with Gasteiger partial charge in [0.1, 0.15) is 0 Å². The molecule has 1 saturated heterocycles. The molecule has 0 spiro atoms. The molecule has 3 heteroatoms. The van der Waals surface area contributed by atoms with Crippen LogP contribution in [0.15, 0.2) is 0 Å². The quantitative estimate of drug-likeness (QED) is 0.703. The maximum absolute atomic E-state index is 3.53. The van der Waals surface area contributed by atoms with E-state index in [1.807, 2.05) is 0 Å². The van der Waals surface area contributed by atoms with Crippen LogP contribution in [0.3, 0.4) is 0 Å². The Balaban J connectivity index is 1.95. The summed E-state index contributed by atoms with van der Waals surface area (Å²) in [5.74, 6) is 2.14. The molecule has 2 nitrogen and oxygen atoms in total. The first-order chi connectivity index (χ1) is 7.18. The minimum atomic E-state index is 0.823. The van der Waals surface area contributed by atoms with Crippen molar-refractivity contribution in [1.82, 2.24) is 10.2 Å². The van der Waals surface area contributed by atoms with E-state index in [0.717, 1.165) is 17.7 Å². The second kappa shape index (κ2) is 7.53. The summed E-state index contributed by atoms with van der Waals surface area (Å²) < 4.78 is 0. The van der Waals surface area contributed by atoms with Gasteiger partial charge in [0.25, 0.3) is 0 Å². The molecule has 1 heterocycles. The number of hydrogen-bond acceptors (Lipinski definition) is 3. The normalized spacial score (nSPS) is 23.6. The fraction of sp³-hybridized carbons (Fsp3) is 1.00. The van der Waals surface area contributed by atoms with E-state index in [1.165, 1.54) is 38.4 Å². The van der Waals surface area contributed by atoms with Crippen molar-refractivity contribution in [1.29, 1.82) is 0 Å². The van der Waals surface area contributed by atoms with Gasteiger partial charge in [-0.1, -0.05) is 20.8 Å². The van der Waals surface area contributed by atoms with Gasteiger partial charge >= 0.3 is 0 Å². The summed E-state index contributed by atoms with van der Waals surface area (Å²) in [6.45, 7) is 13.0. The molecule has 1 unspecified atom stereocenters. The van der Waals surface area contributed by atoms with Crippen LogP contribution < -0.4 is 5.32 Å². The molecule has 1 aliphatic rings. The Bertz CT molecular complexity index is 162. The Hall–Kier alpha value is 0.270. The third-order valence-electron chi connectivity index (χ3n) is 2.83. The second-order valence-electron chi connectivity index (χ2n) is 4.91. The fourth-order valence-corrected chi connectivity index (χ4v) is 2.93. The van der Waals surface area contributed by atoms with Crippen LogP contribution in [0.2, 0.25) is 0 Å². The van der Waals surface area contributed by atoms with E-state index in [0.29, 0.717) is 0 Å². The first kappa shape index (κ1) is 13.3. The Labute approximate surface area is 99.2 Å². The number of thioether (sulfide) groups is 1. The van der Waals surface area contributed by atoms with E-state index >= 15 is 0 Å². The Kier molecular flexibility index (Phi) is 6.69. The lowest BCUT2D eigenvalue weighted by atomic mass is 10.1. The van der Waals surface area contributed by atoms with Crippen LogP contribution in [0, 0.1) is 5.92 Å². The van der Waals surface area contributed by atoms with E-state index in [-0.39, 0.29) is 0 Å². The largest absolute Gasteiger partial charge is 0.315 e. The van der Waals surface area contributed by atoms with Crippen molar-refractivity contribution < 1.29 is 0 Å². The Morgan fingerprint density at radius 2 is 2.20 bits per heavy atom. The Morgan fingerprint density at radius 3 is 2.87 bits per heavy atom. The second-order valence-corrected chi connectivity index (χ2v) is 6.46. The lowest BCUT2D eigenvalue weighted by Gasteiger charge is -2.30. The molecule has 15 heavy (non-hydrogen) atoms. The highest BCUT2D eigenvalue weighted by atomic mass is 32.2. The van der Waals surface area contributed by atoms with Crippen molar-refractivity contribution in [3.05, 3.63) is 0 Å².